The smallest absolute Gasteiger partial charge is 0.124 e. The third kappa shape index (κ3) is 23.3. The highest BCUT2D eigenvalue weighted by Crippen LogP contribution is 2.41. The summed E-state index contributed by atoms with van der Waals surface area (Å²) in [4.78, 5) is 53.6. The lowest BCUT2D eigenvalue weighted by Crippen LogP contribution is -2.40. The zero-order valence-electron chi connectivity index (χ0n) is 79.2. The maximum atomic E-state index is 10.5. The van der Waals surface area contributed by atoms with Gasteiger partial charge in [-0.3, -0.25) is 48.3 Å². The number of rotatable bonds is 32. The molecule has 0 bridgehead atoms. The predicted molar refractivity (Wildman–Crippen MR) is 533 cm³/mol. The number of likely N-dealkylation sites (tertiary alicyclic amines) is 1. The van der Waals surface area contributed by atoms with Crippen molar-refractivity contribution >= 4 is 95.3 Å². The average molecular weight is 1850 g/mol. The van der Waals surface area contributed by atoms with Crippen molar-refractivity contribution in [3.05, 3.63) is 250 Å². The van der Waals surface area contributed by atoms with Crippen molar-refractivity contribution in [3.8, 4) is 91.0 Å². The van der Waals surface area contributed by atoms with Crippen LogP contribution in [0.1, 0.15) is 18.4 Å². The van der Waals surface area contributed by atoms with Crippen LogP contribution in [0.4, 0.5) is 45.5 Å². The second-order valence-corrected chi connectivity index (χ2v) is 32.9. The monoisotopic (exact) mass is 1850 g/mol. The molecule has 11 heterocycles. The number of nitrogens with two attached hydrogens (primary N) is 1. The van der Waals surface area contributed by atoms with Crippen LogP contribution < -0.4 is 63.2 Å². The molecule has 19 rings (SSSR count). The molecule has 0 amide bonds. The first-order chi connectivity index (χ1) is 66.7. The molecule has 0 unspecified atom stereocenters. The molecule has 0 aliphatic carbocycles. The topological polar surface area (TPSA) is 350 Å². The molecule has 35 nitrogen and oxygen atoms in total. The van der Waals surface area contributed by atoms with Crippen LogP contribution in [-0.2, 0) is 46.5 Å². The number of methoxy groups -OCH3 is 9. The fraction of sp³-hybridized carbons (Fsp3) is 0.275. The summed E-state index contributed by atoms with van der Waals surface area (Å²) in [7, 11) is 24.2. The minimum atomic E-state index is -0.712. The van der Waals surface area contributed by atoms with E-state index in [1.807, 2.05) is 211 Å². The van der Waals surface area contributed by atoms with Crippen LogP contribution in [0.3, 0.4) is 0 Å². The number of hydrogen-bond acceptors (Lipinski definition) is 30. The Morgan fingerprint density at radius 1 is 0.365 bits per heavy atom. The summed E-state index contributed by atoms with van der Waals surface area (Å²) in [5.41, 5.74) is 28.7. The Bertz CT molecular complexity index is 7000. The molecule has 8 aromatic carbocycles. The highest BCUT2D eigenvalue weighted by atomic mass is 16.5. The molecule has 3 N–H and O–H groups in total. The predicted octanol–water partition coefficient (Wildman–Crippen LogP) is 15.4. The van der Waals surface area contributed by atoms with Gasteiger partial charge in [0.15, 0.2) is 0 Å². The van der Waals surface area contributed by atoms with E-state index in [9.17, 15) is 5.11 Å². The Morgan fingerprint density at radius 3 is 0.993 bits per heavy atom. The fourth-order valence-corrected chi connectivity index (χ4v) is 16.2. The minimum absolute atomic E-state index is 0.205. The number of anilines is 8. The second-order valence-electron chi connectivity index (χ2n) is 32.9. The third-order valence-electron chi connectivity index (χ3n) is 23.5. The normalized spacial score (nSPS) is 12.7. The number of piperidine rings is 1. The van der Waals surface area contributed by atoms with E-state index in [2.05, 4.69) is 94.3 Å². The van der Waals surface area contributed by atoms with Gasteiger partial charge in [-0.05, 0) is 117 Å². The Hall–Kier alpha value is -16.0. The van der Waals surface area contributed by atoms with E-state index >= 15 is 0 Å². The molecule has 1 saturated heterocycles. The summed E-state index contributed by atoms with van der Waals surface area (Å²) in [6.07, 6.45) is 31.5. The van der Waals surface area contributed by atoms with Gasteiger partial charge in [0.25, 0.3) is 0 Å². The number of nitrogens with zero attached hydrogens (tertiary/aromatic N) is 24. The number of aliphatic hydroxyl groups is 1. The first-order valence-corrected chi connectivity index (χ1v) is 44.5. The summed E-state index contributed by atoms with van der Waals surface area (Å²) in [6.45, 7) is 7.11. The molecule has 35 heteroatoms. The number of aromatic nitrogens is 18. The SMILES string of the molecule is COC[C@H](O)CN(c1cc(OC)cc(OC)c1)c1ccc2ncc(-c3cnn(C)c3)nc2c1.COc1cc(OC)cc(N(CC2=NCC=C2)c2ccc3ncc(-c4cnn(C)c4)nc3c2)c1.COc1cc(OC)cc(N(CCN2CCC(CN)CC2)c2ccc3ncc(-c4cnn(C)c4)nc3c2)c1.COc1cc(OC)cc(N(Cc2cnn(C)c2)c2ccc3ncc(-c4cnn(C)c4)nc3c2)c1. The van der Waals surface area contributed by atoms with Crippen molar-refractivity contribution in [2.24, 2.45) is 51.9 Å². The van der Waals surface area contributed by atoms with Crippen LogP contribution in [0.5, 0.6) is 46.0 Å². The largest absolute Gasteiger partial charge is 0.497 e. The van der Waals surface area contributed by atoms with Crippen molar-refractivity contribution in [3.63, 3.8) is 0 Å². The molecule has 1 fully saturated rings. The van der Waals surface area contributed by atoms with Gasteiger partial charge in [0.1, 0.15) is 46.0 Å². The number of aliphatic imine (C=N–C) groups is 1. The van der Waals surface area contributed by atoms with Crippen LogP contribution in [0.25, 0.3) is 89.2 Å². The van der Waals surface area contributed by atoms with Crippen LogP contribution >= 0.6 is 0 Å². The lowest BCUT2D eigenvalue weighted by molar-refractivity contribution is 0.0701. The van der Waals surface area contributed by atoms with Crippen molar-refractivity contribution < 1.29 is 47.7 Å². The number of benzene rings is 8. The van der Waals surface area contributed by atoms with Gasteiger partial charge in [0.05, 0.1) is 224 Å². The fourth-order valence-electron chi connectivity index (χ4n) is 16.2. The second kappa shape index (κ2) is 43.8. The van der Waals surface area contributed by atoms with Crippen LogP contribution in [0.15, 0.2) is 249 Å². The van der Waals surface area contributed by atoms with Gasteiger partial charge >= 0.3 is 0 Å². The van der Waals surface area contributed by atoms with E-state index in [4.69, 9.17) is 68.3 Å². The molecular formula is C102H111N25O10. The van der Waals surface area contributed by atoms with E-state index in [1.165, 1.54) is 0 Å². The summed E-state index contributed by atoms with van der Waals surface area (Å²) in [5.74, 6) is 6.31. The number of fused-ring (bicyclic) bond motifs is 4. The van der Waals surface area contributed by atoms with Crippen molar-refractivity contribution in [2.45, 2.75) is 25.5 Å². The zero-order valence-corrected chi connectivity index (χ0v) is 79.2. The highest BCUT2D eigenvalue weighted by molar-refractivity contribution is 6.01. The van der Waals surface area contributed by atoms with E-state index in [0.29, 0.717) is 55.1 Å². The molecule has 0 spiro atoms. The summed E-state index contributed by atoms with van der Waals surface area (Å²) < 4.78 is 58.1. The molecule has 17 aromatic rings. The van der Waals surface area contributed by atoms with Gasteiger partial charge in [-0.2, -0.15) is 25.5 Å². The van der Waals surface area contributed by atoms with Gasteiger partial charge < -0.3 is 78.0 Å². The Labute approximate surface area is 793 Å². The van der Waals surface area contributed by atoms with Crippen LogP contribution in [-0.4, -0.2) is 234 Å². The number of hydrogen-bond donors (Lipinski definition) is 2. The molecule has 9 aromatic heterocycles. The molecule has 0 saturated carbocycles. The Balaban J connectivity index is 0.000000132. The standard InChI is InChI=1S/C28H35N7O2.C25H25N7O2.C25H24N6O2.C24H27N5O4/c1-33-19-21(17-31-33)28-18-30-26-5-4-22(14-27(26)32-28)35(11-10-34-8-6-20(16-29)7-9-34)23-12-24(36-2)15-25(13-23)37-3;1-30-14-17(11-27-30)15-32(20-7-21(33-3)10-22(8-20)34-4)19-5-6-23-24(9-19)29-25(13-26-23)18-12-28-31(2)16-18;1-30-15-17(13-28-30)25-14-27-23-7-6-19(11-24(23)29-25)31(16-18-5-4-8-26-18)20-9-21(32-2)12-22(10-20)33-3;1-28-13-16(11-26-28)24-12-25-22-6-5-17(9-23(22)27-24)29(14-19(30)15-31-2)18-7-20(32-3)10-21(8-18)33-4/h4-5,12-15,17-20H,6-11,16,29H2,1-3H3;5-14,16H,15H2,1-4H3;4-7,9-15H,8,16H2,1-3H3;5-13,19,30H,14-15H2,1-4H3/t;;;19-/m...1/s1. The van der Waals surface area contributed by atoms with Gasteiger partial charge in [-0.1, -0.05) is 6.08 Å². The zero-order chi connectivity index (χ0) is 95.6. The molecule has 704 valence electrons. The van der Waals surface area contributed by atoms with Gasteiger partial charge in [-0.25, -0.2) is 19.9 Å². The Morgan fingerprint density at radius 2 is 0.686 bits per heavy atom. The van der Waals surface area contributed by atoms with E-state index in [-0.39, 0.29) is 6.61 Å². The number of ether oxygens (including phenoxy) is 9. The molecule has 1 atom stereocenters. The maximum Gasteiger partial charge on any atom is 0.124 e. The average Bonchev–Trinajstić information content (AvgIpc) is 1.75. The van der Waals surface area contributed by atoms with Gasteiger partial charge in [0.2, 0.25) is 0 Å². The summed E-state index contributed by atoms with van der Waals surface area (Å²) in [5, 5.41) is 31.9. The maximum absolute atomic E-state index is 10.5. The van der Waals surface area contributed by atoms with Crippen molar-refractivity contribution in [1.82, 2.24) is 93.7 Å². The van der Waals surface area contributed by atoms with E-state index < -0.39 is 6.10 Å². The number of aliphatic hydroxyl groups excluding tert-OH is 1. The molecule has 0 radical (unpaired) electrons. The molecule has 137 heavy (non-hydrogen) atoms. The summed E-state index contributed by atoms with van der Waals surface area (Å²) >= 11 is 0. The highest BCUT2D eigenvalue weighted by Gasteiger charge is 2.25. The first kappa shape index (κ1) is 94.2. The van der Waals surface area contributed by atoms with Crippen LogP contribution in [0, 0.1) is 5.92 Å². The Kier molecular flexibility index (Phi) is 30.1. The molecule has 2 aliphatic rings. The quantitative estimate of drug-likeness (QED) is 0.0395. The van der Waals surface area contributed by atoms with Crippen molar-refractivity contribution in [1.29, 1.82) is 0 Å². The van der Waals surface area contributed by atoms with Gasteiger partial charge in [-0.15, -0.1) is 0 Å². The summed E-state index contributed by atoms with van der Waals surface area (Å²) in [6, 6.07) is 47.5. The minimum Gasteiger partial charge on any atom is -0.497 e. The lowest BCUT2D eigenvalue weighted by Gasteiger charge is -2.34. The van der Waals surface area contributed by atoms with Crippen LogP contribution in [0.2, 0.25) is 0 Å². The van der Waals surface area contributed by atoms with Gasteiger partial charge in [0, 0.05) is 233 Å². The third-order valence-corrected chi connectivity index (χ3v) is 23.5. The number of aryl methyl sites for hydroxylation is 5. The van der Waals surface area contributed by atoms with Crippen molar-refractivity contribution in [2.75, 3.05) is 143 Å². The van der Waals surface area contributed by atoms with E-state index in [0.717, 1.165) is 215 Å². The molecular weight excluding hydrogens is 1740 g/mol. The lowest BCUT2D eigenvalue weighted by atomic mass is 9.97. The first-order valence-electron chi connectivity index (χ1n) is 44.5. The molecule has 2 aliphatic heterocycles. The van der Waals surface area contributed by atoms with E-state index in [1.54, 1.807) is 137 Å².